The molecule has 2 aromatic rings. The van der Waals surface area contributed by atoms with Crippen LogP contribution in [0.2, 0.25) is 5.15 Å². The molecule has 0 spiro atoms. The van der Waals surface area contributed by atoms with Gasteiger partial charge >= 0.3 is 0 Å². The molecule has 7 N–H and O–H groups in total. The minimum atomic E-state index is -0.641. The fourth-order valence-electron chi connectivity index (χ4n) is 2.22. The van der Waals surface area contributed by atoms with Crippen molar-refractivity contribution in [2.24, 2.45) is 10.7 Å². The lowest BCUT2D eigenvalue weighted by Gasteiger charge is -2.07. The van der Waals surface area contributed by atoms with Gasteiger partial charge in [-0.3, -0.25) is 15.1 Å². The van der Waals surface area contributed by atoms with Crippen LogP contribution in [0.5, 0.6) is 0 Å². The van der Waals surface area contributed by atoms with Gasteiger partial charge in [0.1, 0.15) is 0 Å². The lowest BCUT2D eigenvalue weighted by Crippen LogP contribution is -2.38. The van der Waals surface area contributed by atoms with E-state index in [9.17, 15) is 4.79 Å². The Labute approximate surface area is 156 Å². The van der Waals surface area contributed by atoms with Crippen molar-refractivity contribution < 1.29 is 4.79 Å². The molecule has 138 valence electrons. The molecule has 26 heavy (non-hydrogen) atoms. The van der Waals surface area contributed by atoms with Crippen molar-refractivity contribution in [3.8, 4) is 0 Å². The van der Waals surface area contributed by atoms with E-state index in [-0.39, 0.29) is 28.4 Å². The zero-order valence-electron chi connectivity index (χ0n) is 14.5. The third-order valence-electron chi connectivity index (χ3n) is 3.64. The molecule has 1 heterocycles. The molecule has 0 saturated heterocycles. The number of hydrogen-bond acceptors (Lipinski definition) is 6. The maximum Gasteiger partial charge on any atom is 0.280 e. The first-order valence-electron chi connectivity index (χ1n) is 8.12. The van der Waals surface area contributed by atoms with Gasteiger partial charge in [-0.1, -0.05) is 41.4 Å². The zero-order valence-corrected chi connectivity index (χ0v) is 15.3. The van der Waals surface area contributed by atoms with Crippen LogP contribution in [0.4, 0.5) is 11.6 Å². The SMILES string of the molecule is Cc1ccc(CCCCN=C(N)NC(=O)c2nc(Cl)c(N)nc2N)cc1. The number of aryl methyl sites for hydroxylation is 2. The van der Waals surface area contributed by atoms with Gasteiger partial charge in [0.2, 0.25) is 0 Å². The molecule has 0 aliphatic carbocycles. The van der Waals surface area contributed by atoms with Gasteiger partial charge in [0, 0.05) is 6.54 Å². The number of aromatic nitrogens is 2. The summed E-state index contributed by atoms with van der Waals surface area (Å²) in [6.45, 7) is 2.56. The zero-order chi connectivity index (χ0) is 19.1. The van der Waals surface area contributed by atoms with Gasteiger partial charge in [-0.2, -0.15) is 0 Å². The molecule has 9 heteroatoms. The molecule has 8 nitrogen and oxygen atoms in total. The van der Waals surface area contributed by atoms with E-state index in [1.54, 1.807) is 0 Å². The second-order valence-corrected chi connectivity index (χ2v) is 6.16. The second-order valence-electron chi connectivity index (χ2n) is 5.80. The average Bonchev–Trinajstić information content (AvgIpc) is 2.59. The average molecular weight is 376 g/mol. The number of guanidine groups is 1. The first-order chi connectivity index (χ1) is 12.4. The van der Waals surface area contributed by atoms with Crippen molar-refractivity contribution in [1.29, 1.82) is 0 Å². The summed E-state index contributed by atoms with van der Waals surface area (Å²) >= 11 is 5.75. The summed E-state index contributed by atoms with van der Waals surface area (Å²) in [4.78, 5) is 23.8. The minimum absolute atomic E-state index is 0.0144. The van der Waals surface area contributed by atoms with E-state index in [0.29, 0.717) is 6.54 Å². The van der Waals surface area contributed by atoms with Gasteiger partial charge in [-0.15, -0.1) is 0 Å². The second kappa shape index (κ2) is 9.00. The summed E-state index contributed by atoms with van der Waals surface area (Å²) in [6, 6.07) is 8.44. The van der Waals surface area contributed by atoms with Crippen molar-refractivity contribution in [2.45, 2.75) is 26.2 Å². The summed E-state index contributed by atoms with van der Waals surface area (Å²) in [5.74, 6) is -0.830. The molecular formula is C17H22ClN7O. The summed E-state index contributed by atoms with van der Waals surface area (Å²) in [7, 11) is 0. The van der Waals surface area contributed by atoms with E-state index in [1.165, 1.54) is 11.1 Å². The highest BCUT2D eigenvalue weighted by Gasteiger charge is 2.16. The van der Waals surface area contributed by atoms with E-state index in [0.717, 1.165) is 19.3 Å². The van der Waals surface area contributed by atoms with Gasteiger partial charge in [0.25, 0.3) is 5.91 Å². The van der Waals surface area contributed by atoms with Crippen molar-refractivity contribution in [2.75, 3.05) is 18.0 Å². The molecule has 0 fully saturated rings. The molecule has 1 aromatic carbocycles. The molecule has 0 aliphatic heterocycles. The van der Waals surface area contributed by atoms with Gasteiger partial charge in [0.15, 0.2) is 28.4 Å². The van der Waals surface area contributed by atoms with Crippen molar-refractivity contribution >= 4 is 35.1 Å². The van der Waals surface area contributed by atoms with E-state index in [4.69, 9.17) is 28.8 Å². The maximum atomic E-state index is 12.1. The Morgan fingerprint density at radius 3 is 2.54 bits per heavy atom. The highest BCUT2D eigenvalue weighted by atomic mass is 35.5. The fourth-order valence-corrected chi connectivity index (χ4v) is 2.35. The van der Waals surface area contributed by atoms with E-state index in [1.807, 2.05) is 0 Å². The molecule has 0 aliphatic rings. The highest BCUT2D eigenvalue weighted by Crippen LogP contribution is 2.17. The first kappa shape index (κ1) is 19.5. The van der Waals surface area contributed by atoms with Crippen molar-refractivity contribution in [3.63, 3.8) is 0 Å². The van der Waals surface area contributed by atoms with Crippen molar-refractivity contribution in [3.05, 3.63) is 46.2 Å². The van der Waals surface area contributed by atoms with Gasteiger partial charge in [0.05, 0.1) is 0 Å². The van der Waals surface area contributed by atoms with Crippen LogP contribution in [-0.2, 0) is 6.42 Å². The van der Waals surface area contributed by atoms with E-state index >= 15 is 0 Å². The smallest absolute Gasteiger partial charge is 0.280 e. The number of amides is 1. The van der Waals surface area contributed by atoms with Gasteiger partial charge < -0.3 is 17.2 Å². The third kappa shape index (κ3) is 5.59. The number of nitrogens with one attached hydrogen (secondary N) is 1. The minimum Gasteiger partial charge on any atom is -0.382 e. The molecule has 0 saturated carbocycles. The normalized spacial score (nSPS) is 11.4. The lowest BCUT2D eigenvalue weighted by atomic mass is 10.1. The number of carbonyl (C=O) groups is 1. The van der Waals surface area contributed by atoms with Crippen molar-refractivity contribution in [1.82, 2.24) is 15.3 Å². The number of nitrogen functional groups attached to an aromatic ring is 2. The number of carbonyl (C=O) groups excluding carboxylic acids is 1. The van der Waals surface area contributed by atoms with Crippen LogP contribution in [0, 0.1) is 6.92 Å². The van der Waals surface area contributed by atoms with Crippen LogP contribution in [0.15, 0.2) is 29.3 Å². The molecule has 1 aromatic heterocycles. The van der Waals surface area contributed by atoms with E-state index < -0.39 is 5.91 Å². The Kier molecular flexibility index (Phi) is 6.74. The Bertz CT molecular complexity index is 806. The Balaban J connectivity index is 1.79. The number of halogens is 1. The predicted octanol–water partition coefficient (Wildman–Crippen LogP) is 1.67. The highest BCUT2D eigenvalue weighted by molar-refractivity contribution is 6.31. The number of unbranched alkanes of at least 4 members (excludes halogenated alkanes) is 1. The molecule has 2 rings (SSSR count). The summed E-state index contributed by atoms with van der Waals surface area (Å²) in [5, 5.41) is 2.30. The molecule has 0 atom stereocenters. The standard InChI is InChI=1S/C17H22ClN7O/c1-10-5-7-11(8-6-10)4-2-3-9-22-17(21)25-16(26)12-14(19)24-15(20)13(18)23-12/h5-8H,2-4,9H2,1H3,(H4,19,20,24)(H3,21,22,25,26). The number of rotatable bonds is 6. The fraction of sp³-hybridized carbons (Fsp3) is 0.294. The van der Waals surface area contributed by atoms with Gasteiger partial charge in [-0.25, -0.2) is 9.97 Å². The topological polar surface area (TPSA) is 145 Å². The van der Waals surface area contributed by atoms with Crippen LogP contribution >= 0.6 is 11.6 Å². The summed E-state index contributed by atoms with van der Waals surface area (Å²) in [5.41, 5.74) is 19.2. The third-order valence-corrected chi connectivity index (χ3v) is 3.92. The van der Waals surface area contributed by atoms with Crippen LogP contribution in [0.25, 0.3) is 0 Å². The Morgan fingerprint density at radius 1 is 1.15 bits per heavy atom. The molecule has 0 bridgehead atoms. The number of benzene rings is 1. The number of anilines is 2. The quantitative estimate of drug-likeness (QED) is 0.343. The van der Waals surface area contributed by atoms with E-state index in [2.05, 4.69) is 51.5 Å². The Morgan fingerprint density at radius 2 is 1.85 bits per heavy atom. The van der Waals surface area contributed by atoms with Crippen LogP contribution < -0.4 is 22.5 Å². The monoisotopic (exact) mass is 375 g/mol. The number of nitrogens with two attached hydrogens (primary N) is 3. The number of aliphatic imine (C=N–C) groups is 1. The van der Waals surface area contributed by atoms with Crippen LogP contribution in [0.3, 0.4) is 0 Å². The Hall–Kier alpha value is -2.87. The largest absolute Gasteiger partial charge is 0.382 e. The molecular weight excluding hydrogens is 354 g/mol. The maximum absolute atomic E-state index is 12.1. The number of hydrogen-bond donors (Lipinski definition) is 4. The molecule has 0 unspecified atom stereocenters. The van der Waals surface area contributed by atoms with Crippen LogP contribution in [-0.4, -0.2) is 28.4 Å². The molecule has 1 amide bonds. The molecule has 0 radical (unpaired) electrons. The first-order valence-corrected chi connectivity index (χ1v) is 8.50. The lowest BCUT2D eigenvalue weighted by molar-refractivity contribution is 0.0972. The summed E-state index contributed by atoms with van der Waals surface area (Å²) in [6.07, 6.45) is 2.79. The van der Waals surface area contributed by atoms with Gasteiger partial charge in [-0.05, 0) is 31.7 Å². The van der Waals surface area contributed by atoms with Crippen LogP contribution in [0.1, 0.15) is 34.5 Å². The summed E-state index contributed by atoms with van der Waals surface area (Å²) < 4.78 is 0. The number of nitrogens with zero attached hydrogens (tertiary/aromatic N) is 3. The predicted molar refractivity (Wildman–Crippen MR) is 104 cm³/mol.